The van der Waals surface area contributed by atoms with E-state index < -0.39 is 0 Å². The van der Waals surface area contributed by atoms with Crippen molar-refractivity contribution in [2.24, 2.45) is 0 Å². The van der Waals surface area contributed by atoms with Crippen molar-refractivity contribution < 1.29 is 0 Å². The van der Waals surface area contributed by atoms with Gasteiger partial charge >= 0.3 is 0 Å². The third-order valence-corrected chi connectivity index (χ3v) is 13.6. The average molecular weight is 800 g/mol. The van der Waals surface area contributed by atoms with Crippen molar-refractivity contribution in [3.05, 3.63) is 224 Å². The second kappa shape index (κ2) is 13.1. The fourth-order valence-electron chi connectivity index (χ4n) is 10.7. The summed E-state index contributed by atoms with van der Waals surface area (Å²) >= 11 is 0. The largest absolute Gasteiger partial charge is 0.309 e. The van der Waals surface area contributed by atoms with Gasteiger partial charge in [0.25, 0.3) is 0 Å². The molecule has 3 nitrogen and oxygen atoms in total. The molecule has 4 heterocycles. The molecule has 0 radical (unpaired) electrons. The Balaban J connectivity index is 0.915. The molecule has 0 saturated heterocycles. The lowest BCUT2D eigenvalue weighted by atomic mass is 9.96. The van der Waals surface area contributed by atoms with E-state index in [-0.39, 0.29) is 0 Å². The van der Waals surface area contributed by atoms with Crippen molar-refractivity contribution >= 4 is 81.7 Å². The summed E-state index contributed by atoms with van der Waals surface area (Å²) in [4.78, 5) is 0. The molecule has 0 spiro atoms. The first-order chi connectivity index (χ1) is 31.2. The Hall–Kier alpha value is -8.40. The summed E-state index contributed by atoms with van der Waals surface area (Å²) in [5.74, 6) is 0. The lowest BCUT2D eigenvalue weighted by Gasteiger charge is -2.10. The van der Waals surface area contributed by atoms with Crippen molar-refractivity contribution in [2.75, 3.05) is 0 Å². The maximum Gasteiger partial charge on any atom is 0.0620 e. The highest BCUT2D eigenvalue weighted by Crippen LogP contribution is 2.42. The molecule has 0 amide bonds. The molecule has 0 fully saturated rings. The normalized spacial score (nSPS) is 12.1. The first kappa shape index (κ1) is 34.3. The highest BCUT2D eigenvalue weighted by Gasteiger charge is 2.19. The van der Waals surface area contributed by atoms with Crippen molar-refractivity contribution in [2.45, 2.75) is 0 Å². The number of nitrogens with zero attached hydrogens (tertiary/aromatic N) is 3. The van der Waals surface area contributed by atoms with Crippen molar-refractivity contribution in [3.8, 4) is 44.8 Å². The zero-order chi connectivity index (χ0) is 41.2. The van der Waals surface area contributed by atoms with E-state index in [2.05, 4.69) is 238 Å². The van der Waals surface area contributed by atoms with Crippen LogP contribution in [0.15, 0.2) is 224 Å². The first-order valence-corrected chi connectivity index (χ1v) is 21.8. The van der Waals surface area contributed by atoms with Gasteiger partial charge in [-0.05, 0) is 124 Å². The van der Waals surface area contributed by atoms with E-state index in [9.17, 15) is 0 Å². The maximum absolute atomic E-state index is 2.45. The summed E-state index contributed by atoms with van der Waals surface area (Å²) in [6, 6.07) is 82.7. The topological polar surface area (TPSA) is 14.3 Å². The fraction of sp³-hybridized carbons (Fsp3) is 0. The summed E-state index contributed by atoms with van der Waals surface area (Å²) in [5, 5.41) is 10.2. The van der Waals surface area contributed by atoms with Gasteiger partial charge in [-0.1, -0.05) is 133 Å². The minimum absolute atomic E-state index is 1.16. The third-order valence-electron chi connectivity index (χ3n) is 13.6. The fourth-order valence-corrected chi connectivity index (χ4v) is 10.7. The molecule has 10 aromatic carbocycles. The Morgan fingerprint density at radius 3 is 1.08 bits per heavy atom. The predicted octanol–water partition coefficient (Wildman–Crippen LogP) is 16.0. The summed E-state index contributed by atoms with van der Waals surface area (Å²) < 4.78 is 7.24. The highest BCUT2D eigenvalue weighted by molar-refractivity contribution is 6.23. The van der Waals surface area contributed by atoms with Crippen LogP contribution in [-0.4, -0.2) is 13.5 Å². The zero-order valence-corrected chi connectivity index (χ0v) is 34.2. The highest BCUT2D eigenvalue weighted by atomic mass is 15.0. The molecule has 0 saturated carbocycles. The molecule has 4 aromatic heterocycles. The second-order valence-electron chi connectivity index (χ2n) is 16.9. The monoisotopic (exact) mass is 799 g/mol. The van der Waals surface area contributed by atoms with Gasteiger partial charge in [0.2, 0.25) is 0 Å². The smallest absolute Gasteiger partial charge is 0.0620 e. The number of hydrogen-bond acceptors (Lipinski definition) is 0. The van der Waals surface area contributed by atoms with Gasteiger partial charge in [0.05, 0.1) is 38.6 Å². The van der Waals surface area contributed by atoms with E-state index in [0.29, 0.717) is 0 Å². The lowest BCUT2D eigenvalue weighted by molar-refractivity contribution is 1.18. The molecule has 292 valence electrons. The Morgan fingerprint density at radius 1 is 0.206 bits per heavy atom. The van der Waals surface area contributed by atoms with E-state index in [0.717, 1.165) is 5.69 Å². The van der Waals surface area contributed by atoms with E-state index in [1.807, 2.05) is 0 Å². The Kier molecular flexibility index (Phi) is 7.11. The third kappa shape index (κ3) is 4.96. The van der Waals surface area contributed by atoms with Gasteiger partial charge in [-0.25, -0.2) is 0 Å². The van der Waals surface area contributed by atoms with E-state index in [4.69, 9.17) is 0 Å². The molecule has 0 bridgehead atoms. The van der Waals surface area contributed by atoms with Gasteiger partial charge < -0.3 is 13.5 Å². The van der Waals surface area contributed by atoms with Crippen LogP contribution in [0.3, 0.4) is 0 Å². The average Bonchev–Trinajstić information content (AvgIpc) is 4.08. The molecular formula is C60H37N3. The Labute approximate surface area is 362 Å². The van der Waals surface area contributed by atoms with E-state index in [1.165, 1.54) is 121 Å². The summed E-state index contributed by atoms with van der Waals surface area (Å²) in [7, 11) is 0. The molecule has 14 rings (SSSR count). The lowest BCUT2D eigenvalue weighted by Crippen LogP contribution is -1.93. The number of fused-ring (bicyclic) bond motifs is 12. The molecule has 0 aliphatic rings. The van der Waals surface area contributed by atoms with Crippen LogP contribution in [0.4, 0.5) is 0 Å². The van der Waals surface area contributed by atoms with Crippen LogP contribution in [0, 0.1) is 0 Å². The molecule has 0 atom stereocenters. The van der Waals surface area contributed by atoms with Crippen LogP contribution in [0.25, 0.3) is 126 Å². The van der Waals surface area contributed by atoms with Crippen molar-refractivity contribution in [1.29, 1.82) is 0 Å². The van der Waals surface area contributed by atoms with Gasteiger partial charge in [-0.2, -0.15) is 0 Å². The molecule has 0 aliphatic heterocycles. The molecule has 0 N–H and O–H groups in total. The van der Waals surface area contributed by atoms with Gasteiger partial charge in [-0.15, -0.1) is 0 Å². The Bertz CT molecular complexity index is 4130. The van der Waals surface area contributed by atoms with Gasteiger partial charge in [0.1, 0.15) is 0 Å². The van der Waals surface area contributed by atoms with Crippen LogP contribution in [0.5, 0.6) is 0 Å². The second-order valence-corrected chi connectivity index (χ2v) is 16.9. The van der Waals surface area contributed by atoms with E-state index >= 15 is 0 Å². The van der Waals surface area contributed by atoms with Crippen molar-refractivity contribution in [1.82, 2.24) is 13.5 Å². The first-order valence-electron chi connectivity index (χ1n) is 21.8. The number of hydrogen-bond donors (Lipinski definition) is 0. The van der Waals surface area contributed by atoms with Crippen molar-refractivity contribution in [3.63, 3.8) is 0 Å². The molecule has 0 aliphatic carbocycles. The number of para-hydroxylation sites is 5. The minimum atomic E-state index is 1.16. The Morgan fingerprint density at radius 2 is 0.540 bits per heavy atom. The van der Waals surface area contributed by atoms with E-state index in [1.54, 1.807) is 0 Å². The number of rotatable bonds is 5. The van der Waals surface area contributed by atoms with Crippen LogP contribution in [-0.2, 0) is 0 Å². The molecule has 0 unspecified atom stereocenters. The summed E-state index contributed by atoms with van der Waals surface area (Å²) in [6.07, 6.45) is 0. The SMILES string of the molecule is c1ccc(-n2c3ccccc3c3cc(-c4cccc(-c5ccc6c(c5)c5cc(-c7ccc8c(c7)c7cccc9c%10ccccc%10n8c97)ccc5n6-c5ccccc5)c4)ccc32)cc1. The van der Waals surface area contributed by atoms with Crippen LogP contribution >= 0.6 is 0 Å². The van der Waals surface area contributed by atoms with Gasteiger partial charge in [-0.3, -0.25) is 0 Å². The van der Waals surface area contributed by atoms with Crippen LogP contribution in [0.2, 0.25) is 0 Å². The maximum atomic E-state index is 2.45. The van der Waals surface area contributed by atoms with Gasteiger partial charge in [0.15, 0.2) is 0 Å². The van der Waals surface area contributed by atoms with Gasteiger partial charge in [0, 0.05) is 54.5 Å². The predicted molar refractivity (Wildman–Crippen MR) is 266 cm³/mol. The summed E-state index contributed by atoms with van der Waals surface area (Å²) in [5.41, 5.74) is 18.2. The standard InChI is InChI=1S/C60H37N3/c1-3-15-44(16-4-1)61-54-23-9-8-20-47(54)50-34-40(25-29-56(50)61)38-13-11-14-39(33-38)41-26-30-57-52(36-41)53-37-43(27-31-58(53)62(57)45-17-5-2-6-18-45)42-28-32-59-51(35-42)49-22-12-21-48-46-19-7-10-24-55(46)63(59)60(48)49/h1-37H. The molecule has 63 heavy (non-hydrogen) atoms. The zero-order valence-electron chi connectivity index (χ0n) is 34.2. The molecular weight excluding hydrogens is 763 g/mol. The quantitative estimate of drug-likeness (QED) is 0.165. The number of aromatic nitrogens is 3. The van der Waals surface area contributed by atoms with Crippen LogP contribution < -0.4 is 0 Å². The summed E-state index contributed by atoms with van der Waals surface area (Å²) in [6.45, 7) is 0. The molecule has 3 heteroatoms. The van der Waals surface area contributed by atoms with Crippen LogP contribution in [0.1, 0.15) is 0 Å². The molecule has 14 aromatic rings. The minimum Gasteiger partial charge on any atom is -0.309 e. The number of benzene rings is 10.